The van der Waals surface area contributed by atoms with Gasteiger partial charge in [0.05, 0.1) is 5.56 Å². The van der Waals surface area contributed by atoms with Crippen molar-refractivity contribution in [2.45, 2.75) is 58.5 Å². The minimum atomic E-state index is -2.45. The predicted octanol–water partition coefficient (Wildman–Crippen LogP) is 3.12. The number of ketones is 3. The van der Waals surface area contributed by atoms with Gasteiger partial charge in [-0.25, -0.2) is 0 Å². The summed E-state index contributed by atoms with van der Waals surface area (Å²) in [6, 6.07) is 1.86. The summed E-state index contributed by atoms with van der Waals surface area (Å²) in [5.41, 5.74) is -0.833. The molecule has 1 aromatic carbocycles. The van der Waals surface area contributed by atoms with Gasteiger partial charge >= 0.3 is 0 Å². The smallest absolute Gasteiger partial charge is 0.209 e. The summed E-state index contributed by atoms with van der Waals surface area (Å²) in [6.45, 7) is 6.77. The van der Waals surface area contributed by atoms with E-state index in [1.807, 2.05) is 19.9 Å². The Morgan fingerprint density at radius 2 is 1.81 bits per heavy atom. The Hall–Kier alpha value is -2.93. The average Bonchev–Trinajstić information content (AvgIpc) is 2.66. The Labute approximate surface area is 179 Å². The number of allylic oxidation sites excluding steroid dienone is 2. The van der Waals surface area contributed by atoms with Crippen LogP contribution in [-0.4, -0.2) is 43.4 Å². The Kier molecular flexibility index (Phi) is 4.66. The molecule has 0 unspecified atom stereocenters. The van der Waals surface area contributed by atoms with Crippen LogP contribution in [0.15, 0.2) is 28.7 Å². The van der Waals surface area contributed by atoms with Gasteiger partial charge in [-0.3, -0.25) is 14.4 Å². The molecular weight excluding hydrogens is 400 g/mol. The van der Waals surface area contributed by atoms with Crippen LogP contribution < -0.4 is 0 Å². The van der Waals surface area contributed by atoms with Crippen molar-refractivity contribution < 1.29 is 34.8 Å². The van der Waals surface area contributed by atoms with Crippen molar-refractivity contribution in [2.24, 2.45) is 11.8 Å². The molecule has 164 valence electrons. The first-order chi connectivity index (χ1) is 14.4. The Balaban J connectivity index is 1.94. The molecule has 0 spiro atoms. The molecule has 1 aromatic rings. The van der Waals surface area contributed by atoms with E-state index >= 15 is 0 Å². The highest BCUT2D eigenvalue weighted by molar-refractivity contribution is 6.25. The van der Waals surface area contributed by atoms with Crippen LogP contribution in [0.1, 0.15) is 66.6 Å². The van der Waals surface area contributed by atoms with Crippen LogP contribution in [0.3, 0.4) is 0 Å². The molecule has 7 nitrogen and oxygen atoms in total. The number of Topliss-reactive ketones (excluding diaryl/α,β-unsaturated/α-hetero) is 3. The van der Waals surface area contributed by atoms with E-state index in [9.17, 15) is 34.8 Å². The highest BCUT2D eigenvalue weighted by Crippen LogP contribution is 2.52. The maximum Gasteiger partial charge on any atom is 0.209 e. The fraction of sp³-hybridized carbons (Fsp3) is 0.458. The van der Waals surface area contributed by atoms with Gasteiger partial charge in [0, 0.05) is 17.9 Å². The summed E-state index contributed by atoms with van der Waals surface area (Å²) in [6.07, 6.45) is 0.378. The number of rotatable bonds is 2. The number of fused-ring (bicyclic) bond motifs is 3. The van der Waals surface area contributed by atoms with E-state index in [0.717, 1.165) is 12.5 Å². The van der Waals surface area contributed by atoms with Crippen LogP contribution in [0, 0.1) is 18.8 Å². The first kappa shape index (κ1) is 21.3. The normalized spacial score (nSPS) is 27.9. The zero-order valence-electron chi connectivity index (χ0n) is 17.9. The van der Waals surface area contributed by atoms with Crippen LogP contribution in [0.4, 0.5) is 0 Å². The third kappa shape index (κ3) is 2.72. The van der Waals surface area contributed by atoms with Gasteiger partial charge in [-0.15, -0.1) is 0 Å². The first-order valence-corrected chi connectivity index (χ1v) is 10.4. The number of aryl methyl sites for hydroxylation is 1. The number of benzene rings is 1. The molecule has 4 N–H and O–H groups in total. The van der Waals surface area contributed by atoms with Crippen molar-refractivity contribution in [1.29, 1.82) is 0 Å². The Morgan fingerprint density at radius 1 is 1.16 bits per heavy atom. The molecule has 0 saturated carbocycles. The lowest BCUT2D eigenvalue weighted by Crippen LogP contribution is -2.56. The molecule has 0 saturated heterocycles. The van der Waals surface area contributed by atoms with Crippen molar-refractivity contribution >= 4 is 17.3 Å². The standard InChI is InChI=1S/C24H26O7/c1-9(2)14-5-10(3)20(27)19-15(14)7-12-6-13-8-16(26)17(11(4)25)22(29)24(13,31)23(30)18(12)21(19)28/h5,9,12-13,26-27,30-31H,6-8H2,1-4H3/t12-,13+,24-/m0/s1. The molecule has 0 radical (unpaired) electrons. The van der Waals surface area contributed by atoms with Crippen LogP contribution in [0.25, 0.3) is 0 Å². The first-order valence-electron chi connectivity index (χ1n) is 10.4. The molecule has 4 rings (SSSR count). The molecule has 3 atom stereocenters. The molecule has 0 fully saturated rings. The maximum atomic E-state index is 13.5. The van der Waals surface area contributed by atoms with Gasteiger partial charge in [0.25, 0.3) is 0 Å². The van der Waals surface area contributed by atoms with Crippen molar-refractivity contribution in [3.05, 3.63) is 51.0 Å². The van der Waals surface area contributed by atoms with Crippen molar-refractivity contribution in [3.63, 3.8) is 0 Å². The second-order valence-corrected chi connectivity index (χ2v) is 9.24. The van der Waals surface area contributed by atoms with E-state index < -0.39 is 51.9 Å². The summed E-state index contributed by atoms with van der Waals surface area (Å²) in [5.74, 6) is -5.02. The quantitative estimate of drug-likeness (QED) is 0.534. The van der Waals surface area contributed by atoms with Gasteiger partial charge in [-0.1, -0.05) is 19.9 Å². The molecule has 7 heteroatoms. The van der Waals surface area contributed by atoms with Crippen LogP contribution in [-0.2, 0) is 16.0 Å². The van der Waals surface area contributed by atoms with Crippen molar-refractivity contribution in [1.82, 2.24) is 0 Å². The Bertz CT molecular complexity index is 1120. The molecule has 0 aromatic heterocycles. The number of phenolic OH excluding ortho intramolecular Hbond substituents is 1. The van der Waals surface area contributed by atoms with Gasteiger partial charge in [0.2, 0.25) is 5.78 Å². The summed E-state index contributed by atoms with van der Waals surface area (Å²) in [4.78, 5) is 38.4. The third-order valence-corrected chi connectivity index (χ3v) is 7.01. The minimum Gasteiger partial charge on any atom is -0.511 e. The zero-order chi connectivity index (χ0) is 23.0. The van der Waals surface area contributed by atoms with E-state index in [2.05, 4.69) is 0 Å². The summed E-state index contributed by atoms with van der Waals surface area (Å²) < 4.78 is 0. The molecule has 31 heavy (non-hydrogen) atoms. The molecule has 3 aliphatic rings. The topological polar surface area (TPSA) is 132 Å². The summed E-state index contributed by atoms with van der Waals surface area (Å²) in [7, 11) is 0. The lowest BCUT2D eigenvalue weighted by Gasteiger charge is -2.46. The van der Waals surface area contributed by atoms with Gasteiger partial charge in [0.1, 0.15) is 22.8 Å². The minimum absolute atomic E-state index is 0.0944. The summed E-state index contributed by atoms with van der Waals surface area (Å²) >= 11 is 0. The van der Waals surface area contributed by atoms with Gasteiger partial charge < -0.3 is 20.4 Å². The van der Waals surface area contributed by atoms with Crippen molar-refractivity contribution in [3.8, 4) is 5.75 Å². The number of carbonyl (C=O) groups is 3. The lowest BCUT2D eigenvalue weighted by molar-refractivity contribution is -0.144. The second kappa shape index (κ2) is 6.79. The predicted molar refractivity (Wildman–Crippen MR) is 111 cm³/mol. The number of aromatic hydroxyl groups is 1. The second-order valence-electron chi connectivity index (χ2n) is 9.24. The monoisotopic (exact) mass is 426 g/mol. The largest absolute Gasteiger partial charge is 0.511 e. The van der Waals surface area contributed by atoms with E-state index in [0.29, 0.717) is 17.5 Å². The fourth-order valence-corrected chi connectivity index (χ4v) is 5.48. The number of hydrogen-bond acceptors (Lipinski definition) is 7. The average molecular weight is 426 g/mol. The number of aliphatic hydroxyl groups excluding tert-OH is 2. The molecule has 0 aliphatic heterocycles. The lowest BCUT2D eigenvalue weighted by atomic mass is 9.59. The zero-order valence-corrected chi connectivity index (χ0v) is 17.9. The van der Waals surface area contributed by atoms with E-state index in [1.54, 1.807) is 6.92 Å². The molecule has 0 amide bonds. The molecule has 3 aliphatic carbocycles. The molecule has 0 bridgehead atoms. The van der Waals surface area contributed by atoms with Crippen LogP contribution >= 0.6 is 0 Å². The SMILES string of the molecule is CC(=O)C1=C(O)C[C@H]2C[C@H]3Cc4c(C(C)C)cc(C)c(O)c4C(=O)C3=C(O)[C@@]2(O)C1=O. The van der Waals surface area contributed by atoms with Crippen LogP contribution in [0.5, 0.6) is 5.75 Å². The summed E-state index contributed by atoms with van der Waals surface area (Å²) in [5, 5.41) is 43.2. The van der Waals surface area contributed by atoms with Gasteiger partial charge in [-0.2, -0.15) is 0 Å². The highest BCUT2D eigenvalue weighted by Gasteiger charge is 2.59. The van der Waals surface area contributed by atoms with Gasteiger partial charge in [0.15, 0.2) is 17.2 Å². The fourth-order valence-electron chi connectivity index (χ4n) is 5.48. The van der Waals surface area contributed by atoms with E-state index in [4.69, 9.17) is 0 Å². The van der Waals surface area contributed by atoms with Crippen molar-refractivity contribution in [2.75, 3.05) is 0 Å². The van der Waals surface area contributed by atoms with E-state index in [-0.39, 0.29) is 35.6 Å². The Morgan fingerprint density at radius 3 is 2.39 bits per heavy atom. The molecule has 0 heterocycles. The number of hydrogen-bond donors (Lipinski definition) is 4. The number of aliphatic hydroxyl groups is 3. The van der Waals surface area contributed by atoms with E-state index in [1.165, 1.54) is 0 Å². The number of phenols is 1. The number of carbonyl (C=O) groups excluding carboxylic acids is 3. The van der Waals surface area contributed by atoms with Gasteiger partial charge in [-0.05, 0) is 55.2 Å². The highest BCUT2D eigenvalue weighted by atomic mass is 16.3. The van der Waals surface area contributed by atoms with Crippen LogP contribution in [0.2, 0.25) is 0 Å². The maximum absolute atomic E-state index is 13.5. The molecular formula is C24H26O7. The third-order valence-electron chi connectivity index (χ3n) is 7.01.